The van der Waals surface area contributed by atoms with E-state index < -0.39 is 7.82 Å². The van der Waals surface area contributed by atoms with Crippen molar-refractivity contribution in [1.82, 2.24) is 0 Å². The van der Waals surface area contributed by atoms with Crippen molar-refractivity contribution in [2.75, 3.05) is 14.2 Å². The Morgan fingerprint density at radius 3 is 2.44 bits per heavy atom. The molecule has 0 fully saturated rings. The van der Waals surface area contributed by atoms with E-state index in [1.54, 1.807) is 18.2 Å². The van der Waals surface area contributed by atoms with E-state index in [0.717, 1.165) is 10.0 Å². The molecular weight excluding hydrogens is 366 g/mol. The molecule has 0 aliphatic carbocycles. The summed E-state index contributed by atoms with van der Waals surface area (Å²) in [4.78, 5) is 0. The minimum absolute atomic E-state index is 0.0983. The molecule has 0 unspecified atom stereocenters. The van der Waals surface area contributed by atoms with Gasteiger partial charge >= 0.3 is 7.82 Å². The standard InChI is InChI=1S/C10H10BrCl2O4P/c1-15-18(14,16-2)17-10(6-12)8-4-3-7(11)5-9(8)13/h3-6H,1-2H3/b10-6+. The van der Waals surface area contributed by atoms with E-state index in [2.05, 4.69) is 25.0 Å². The fourth-order valence-electron chi connectivity index (χ4n) is 1.09. The number of halogens is 3. The number of hydrogen-bond donors (Lipinski definition) is 0. The van der Waals surface area contributed by atoms with Crippen molar-refractivity contribution < 1.29 is 18.1 Å². The zero-order valence-corrected chi connectivity index (χ0v) is 13.5. The Kier molecular flexibility index (Phi) is 6.18. The highest BCUT2D eigenvalue weighted by molar-refractivity contribution is 9.10. The van der Waals surface area contributed by atoms with Crippen molar-refractivity contribution in [2.45, 2.75) is 0 Å². The zero-order chi connectivity index (χ0) is 13.8. The molecule has 0 aliphatic rings. The van der Waals surface area contributed by atoms with Crippen molar-refractivity contribution in [2.24, 2.45) is 0 Å². The van der Waals surface area contributed by atoms with Crippen LogP contribution in [0, 0.1) is 0 Å². The van der Waals surface area contributed by atoms with E-state index in [-0.39, 0.29) is 5.76 Å². The van der Waals surface area contributed by atoms with Crippen molar-refractivity contribution in [3.05, 3.63) is 38.8 Å². The third-order valence-electron chi connectivity index (χ3n) is 1.95. The summed E-state index contributed by atoms with van der Waals surface area (Å²) in [5, 5.41) is 0.384. The molecule has 0 atom stereocenters. The van der Waals surface area contributed by atoms with Gasteiger partial charge in [-0.3, -0.25) is 9.05 Å². The number of hydrogen-bond acceptors (Lipinski definition) is 4. The molecule has 4 nitrogen and oxygen atoms in total. The van der Waals surface area contributed by atoms with E-state index in [9.17, 15) is 4.57 Å². The minimum atomic E-state index is -3.67. The Labute approximate surface area is 124 Å². The van der Waals surface area contributed by atoms with E-state index in [1.807, 2.05) is 0 Å². The summed E-state index contributed by atoms with van der Waals surface area (Å²) in [6, 6.07) is 5.07. The van der Waals surface area contributed by atoms with Crippen LogP contribution < -0.4 is 0 Å². The van der Waals surface area contributed by atoms with Gasteiger partial charge in [0.1, 0.15) is 0 Å². The summed E-state index contributed by atoms with van der Waals surface area (Å²) in [7, 11) is -1.26. The second-order valence-electron chi connectivity index (χ2n) is 3.00. The number of phosphoric acid groups is 1. The molecule has 0 spiro atoms. The summed E-state index contributed by atoms with van der Waals surface area (Å²) in [5.41, 5.74) is 1.59. The fraction of sp³-hybridized carbons (Fsp3) is 0.200. The van der Waals surface area contributed by atoms with Gasteiger partial charge in [0, 0.05) is 29.8 Å². The van der Waals surface area contributed by atoms with Gasteiger partial charge in [-0.25, -0.2) is 4.57 Å². The second-order valence-corrected chi connectivity index (χ2v) is 6.35. The molecule has 0 heterocycles. The van der Waals surface area contributed by atoms with Crippen molar-refractivity contribution in [3.63, 3.8) is 0 Å². The molecule has 8 heteroatoms. The van der Waals surface area contributed by atoms with Gasteiger partial charge < -0.3 is 4.52 Å². The number of benzene rings is 1. The lowest BCUT2D eigenvalue weighted by atomic mass is 10.2. The first-order valence-electron chi connectivity index (χ1n) is 4.62. The van der Waals surface area contributed by atoms with Crippen LogP contribution in [0.3, 0.4) is 0 Å². The van der Waals surface area contributed by atoms with E-state index in [0.29, 0.717) is 10.6 Å². The van der Waals surface area contributed by atoms with Crippen LogP contribution >= 0.6 is 47.0 Å². The van der Waals surface area contributed by atoms with Crippen molar-refractivity contribution >= 4 is 52.7 Å². The first-order chi connectivity index (χ1) is 8.45. The second kappa shape index (κ2) is 6.94. The summed E-state index contributed by atoms with van der Waals surface area (Å²) in [6.07, 6.45) is 0. The molecular formula is C10H10BrCl2O4P. The van der Waals surface area contributed by atoms with Gasteiger partial charge in [0.2, 0.25) is 0 Å². The minimum Gasteiger partial charge on any atom is -0.402 e. The Balaban J connectivity index is 3.09. The SMILES string of the molecule is COP(=O)(OC)O/C(=C/Cl)c1ccc(Br)cc1Cl. The fourth-order valence-corrected chi connectivity index (χ4v) is 2.77. The highest BCUT2D eigenvalue weighted by atomic mass is 79.9. The molecule has 0 bridgehead atoms. The molecule has 1 rings (SSSR count). The van der Waals surface area contributed by atoms with Gasteiger partial charge in [-0.05, 0) is 18.2 Å². The van der Waals surface area contributed by atoms with Gasteiger partial charge in [-0.1, -0.05) is 39.1 Å². The average molecular weight is 376 g/mol. The molecule has 100 valence electrons. The van der Waals surface area contributed by atoms with Crippen LogP contribution in [0.1, 0.15) is 5.56 Å². The van der Waals surface area contributed by atoms with E-state index in [1.165, 1.54) is 14.2 Å². The first-order valence-corrected chi connectivity index (χ1v) is 7.69. The number of phosphoric ester groups is 1. The van der Waals surface area contributed by atoms with Crippen molar-refractivity contribution in [1.29, 1.82) is 0 Å². The average Bonchev–Trinajstić information content (AvgIpc) is 2.36. The summed E-state index contributed by atoms with van der Waals surface area (Å²) >= 11 is 15.0. The molecule has 0 aliphatic heterocycles. The third-order valence-corrected chi connectivity index (χ3v) is 4.27. The molecule has 1 aromatic rings. The van der Waals surface area contributed by atoms with Gasteiger partial charge in [-0.15, -0.1) is 0 Å². The topological polar surface area (TPSA) is 44.8 Å². The quantitative estimate of drug-likeness (QED) is 0.533. The van der Waals surface area contributed by atoms with Gasteiger partial charge in [-0.2, -0.15) is 0 Å². The highest BCUT2D eigenvalue weighted by Gasteiger charge is 2.27. The summed E-state index contributed by atoms with van der Waals surface area (Å²) in [6.45, 7) is 0. The Bertz CT molecular complexity index is 499. The maximum atomic E-state index is 11.9. The summed E-state index contributed by atoms with van der Waals surface area (Å²) in [5.74, 6) is 0.0983. The monoisotopic (exact) mass is 374 g/mol. The zero-order valence-electron chi connectivity index (χ0n) is 9.52. The van der Waals surface area contributed by atoms with E-state index in [4.69, 9.17) is 27.7 Å². The lowest BCUT2D eigenvalue weighted by Gasteiger charge is -2.17. The molecule has 0 N–H and O–H groups in total. The molecule has 0 saturated heterocycles. The largest absolute Gasteiger partial charge is 0.529 e. The predicted octanol–water partition coefficient (Wildman–Crippen LogP) is 5.06. The van der Waals surface area contributed by atoms with Crippen LogP contribution in [0.4, 0.5) is 0 Å². The maximum Gasteiger partial charge on any atom is 0.529 e. The Morgan fingerprint density at radius 2 is 2.00 bits per heavy atom. The van der Waals surface area contributed by atoms with Gasteiger partial charge in [0.15, 0.2) is 5.76 Å². The van der Waals surface area contributed by atoms with Gasteiger partial charge in [0.25, 0.3) is 0 Å². The van der Waals surface area contributed by atoms with Crippen LogP contribution in [-0.2, 0) is 18.1 Å². The number of rotatable bonds is 5. The van der Waals surface area contributed by atoms with Gasteiger partial charge in [0.05, 0.1) is 5.02 Å². The van der Waals surface area contributed by atoms with Crippen LogP contribution in [0.25, 0.3) is 5.76 Å². The van der Waals surface area contributed by atoms with E-state index >= 15 is 0 Å². The van der Waals surface area contributed by atoms with Crippen LogP contribution in [0.5, 0.6) is 0 Å². The third kappa shape index (κ3) is 3.98. The highest BCUT2D eigenvalue weighted by Crippen LogP contribution is 2.52. The maximum absolute atomic E-state index is 11.9. The summed E-state index contributed by atoms with van der Waals surface area (Å²) < 4.78 is 27.1. The lowest BCUT2D eigenvalue weighted by Crippen LogP contribution is -1.96. The van der Waals surface area contributed by atoms with Crippen LogP contribution in [0.15, 0.2) is 28.2 Å². The molecule has 0 radical (unpaired) electrons. The molecule has 1 aromatic carbocycles. The first kappa shape index (κ1) is 16.0. The molecule has 18 heavy (non-hydrogen) atoms. The lowest BCUT2D eigenvalue weighted by molar-refractivity contribution is 0.201. The Hall–Kier alpha value is -0.0300. The van der Waals surface area contributed by atoms with Crippen LogP contribution in [0.2, 0.25) is 5.02 Å². The Morgan fingerprint density at radius 1 is 1.39 bits per heavy atom. The predicted molar refractivity (Wildman–Crippen MR) is 75.7 cm³/mol. The molecule has 0 saturated carbocycles. The molecule has 0 amide bonds. The normalized spacial score (nSPS) is 12.6. The smallest absolute Gasteiger partial charge is 0.402 e. The van der Waals surface area contributed by atoms with Crippen molar-refractivity contribution in [3.8, 4) is 0 Å². The van der Waals surface area contributed by atoms with Crippen LogP contribution in [-0.4, -0.2) is 14.2 Å². The molecule has 0 aromatic heterocycles.